The van der Waals surface area contributed by atoms with E-state index in [2.05, 4.69) is 61.3 Å². The lowest BCUT2D eigenvalue weighted by Gasteiger charge is -2.11. The number of methoxy groups -OCH3 is 1. The van der Waals surface area contributed by atoms with Gasteiger partial charge in [-0.05, 0) is 48.7 Å². The van der Waals surface area contributed by atoms with E-state index in [4.69, 9.17) is 4.74 Å². The Labute approximate surface area is 125 Å². The van der Waals surface area contributed by atoms with Crippen LogP contribution in [0.4, 0.5) is 0 Å². The maximum absolute atomic E-state index is 5.48. The molecular formula is C19H19NO. The third kappa shape index (κ3) is 2.75. The largest absolute Gasteiger partial charge is 0.481 e. The van der Waals surface area contributed by atoms with Gasteiger partial charge in [-0.2, -0.15) is 0 Å². The number of hydrogen-bond donors (Lipinski definition) is 0. The second-order valence-electron chi connectivity index (χ2n) is 5.45. The van der Waals surface area contributed by atoms with Crippen molar-refractivity contribution in [2.24, 2.45) is 0 Å². The Morgan fingerprint density at radius 2 is 1.67 bits per heavy atom. The fraction of sp³-hybridized carbons (Fsp3) is 0.211. The van der Waals surface area contributed by atoms with Crippen molar-refractivity contribution in [3.8, 4) is 5.88 Å². The van der Waals surface area contributed by atoms with E-state index in [9.17, 15) is 0 Å². The first-order valence-electron chi connectivity index (χ1n) is 7.16. The normalized spacial score (nSPS) is 10.8. The molecule has 1 aromatic heterocycles. The molecule has 0 atom stereocenters. The van der Waals surface area contributed by atoms with Crippen LogP contribution in [-0.2, 0) is 6.42 Å². The van der Waals surface area contributed by atoms with Crippen LogP contribution in [0.1, 0.15) is 22.3 Å². The molecule has 0 aliphatic heterocycles. The van der Waals surface area contributed by atoms with Gasteiger partial charge in [0.05, 0.1) is 12.6 Å². The average Bonchev–Trinajstić information content (AvgIpc) is 2.49. The van der Waals surface area contributed by atoms with Crippen LogP contribution in [0.2, 0.25) is 0 Å². The van der Waals surface area contributed by atoms with Gasteiger partial charge in [0.2, 0.25) is 5.88 Å². The third-order valence-corrected chi connectivity index (χ3v) is 3.90. The third-order valence-electron chi connectivity index (χ3n) is 3.90. The molecule has 0 radical (unpaired) electrons. The molecule has 0 amide bonds. The van der Waals surface area contributed by atoms with Gasteiger partial charge in [-0.25, -0.2) is 4.98 Å². The van der Waals surface area contributed by atoms with Crippen LogP contribution in [0.25, 0.3) is 10.9 Å². The summed E-state index contributed by atoms with van der Waals surface area (Å²) in [7, 11) is 1.68. The summed E-state index contributed by atoms with van der Waals surface area (Å²) in [5, 5.41) is 1.17. The Hall–Kier alpha value is -2.35. The van der Waals surface area contributed by atoms with E-state index in [-0.39, 0.29) is 0 Å². The number of fused-ring (bicyclic) bond motifs is 1. The average molecular weight is 277 g/mol. The predicted octanol–water partition coefficient (Wildman–Crippen LogP) is 4.45. The highest BCUT2D eigenvalue weighted by atomic mass is 16.5. The maximum atomic E-state index is 5.48. The van der Waals surface area contributed by atoms with Gasteiger partial charge in [-0.15, -0.1) is 0 Å². The Kier molecular flexibility index (Phi) is 3.61. The molecule has 0 unspecified atom stereocenters. The summed E-state index contributed by atoms with van der Waals surface area (Å²) in [4.78, 5) is 4.67. The smallest absolute Gasteiger partial charge is 0.217 e. The number of hydrogen-bond acceptors (Lipinski definition) is 2. The van der Waals surface area contributed by atoms with Crippen LogP contribution in [0, 0.1) is 13.8 Å². The van der Waals surface area contributed by atoms with Crippen molar-refractivity contribution in [2.75, 3.05) is 7.11 Å². The molecule has 0 aliphatic carbocycles. The molecule has 0 aliphatic rings. The van der Waals surface area contributed by atoms with E-state index in [1.165, 1.54) is 22.1 Å². The minimum Gasteiger partial charge on any atom is -0.481 e. The number of aromatic nitrogens is 1. The van der Waals surface area contributed by atoms with Gasteiger partial charge in [0, 0.05) is 17.4 Å². The Morgan fingerprint density at radius 3 is 2.38 bits per heavy atom. The maximum Gasteiger partial charge on any atom is 0.217 e. The first-order valence-corrected chi connectivity index (χ1v) is 7.16. The van der Waals surface area contributed by atoms with Crippen LogP contribution < -0.4 is 4.74 Å². The first kappa shape index (κ1) is 13.6. The fourth-order valence-electron chi connectivity index (χ4n) is 2.59. The number of nitrogens with zero attached hydrogens (tertiary/aromatic N) is 1. The van der Waals surface area contributed by atoms with Crippen LogP contribution >= 0.6 is 0 Å². The molecule has 1 heterocycles. The fourth-order valence-corrected chi connectivity index (χ4v) is 2.59. The molecular weight excluding hydrogens is 258 g/mol. The van der Waals surface area contributed by atoms with Gasteiger partial charge in [-0.1, -0.05) is 30.3 Å². The molecule has 2 aromatic carbocycles. The van der Waals surface area contributed by atoms with Gasteiger partial charge in [0.1, 0.15) is 0 Å². The van der Waals surface area contributed by atoms with Crippen molar-refractivity contribution in [3.63, 3.8) is 0 Å². The lowest BCUT2D eigenvalue weighted by atomic mass is 10.0. The predicted molar refractivity (Wildman–Crippen MR) is 87.0 cm³/mol. The van der Waals surface area contributed by atoms with Crippen LogP contribution in [0.3, 0.4) is 0 Å². The summed E-state index contributed by atoms with van der Waals surface area (Å²) in [6.07, 6.45) is 0.833. The van der Waals surface area contributed by atoms with Crippen LogP contribution in [0.5, 0.6) is 5.88 Å². The monoisotopic (exact) mass is 277 g/mol. The molecule has 0 bridgehead atoms. The summed E-state index contributed by atoms with van der Waals surface area (Å²) < 4.78 is 5.48. The SMILES string of the molecule is COc1nc2cc(C)c(C)cc2cc1Cc1ccccc1. The lowest BCUT2D eigenvalue weighted by Crippen LogP contribution is -1.98. The molecule has 0 saturated heterocycles. The van der Waals surface area contributed by atoms with E-state index >= 15 is 0 Å². The number of ether oxygens (including phenoxy) is 1. The molecule has 2 heteroatoms. The Morgan fingerprint density at radius 1 is 0.952 bits per heavy atom. The van der Waals surface area contributed by atoms with E-state index in [0.29, 0.717) is 0 Å². The van der Waals surface area contributed by atoms with Crippen molar-refractivity contribution in [1.82, 2.24) is 4.98 Å². The topological polar surface area (TPSA) is 22.1 Å². The zero-order chi connectivity index (χ0) is 14.8. The molecule has 106 valence electrons. The van der Waals surface area contributed by atoms with Crippen molar-refractivity contribution in [1.29, 1.82) is 0 Å². The van der Waals surface area contributed by atoms with E-state index < -0.39 is 0 Å². The van der Waals surface area contributed by atoms with Gasteiger partial charge in [-0.3, -0.25) is 0 Å². The summed E-state index contributed by atoms with van der Waals surface area (Å²) in [6, 6.07) is 16.9. The number of aryl methyl sites for hydroxylation is 2. The van der Waals surface area contributed by atoms with Gasteiger partial charge in [0.25, 0.3) is 0 Å². The van der Waals surface area contributed by atoms with Gasteiger partial charge >= 0.3 is 0 Å². The molecule has 3 rings (SSSR count). The summed E-state index contributed by atoms with van der Waals surface area (Å²) >= 11 is 0. The van der Waals surface area contributed by atoms with Gasteiger partial charge in [0.15, 0.2) is 0 Å². The summed E-state index contributed by atoms with van der Waals surface area (Å²) in [5.41, 5.74) is 5.93. The second-order valence-corrected chi connectivity index (χ2v) is 5.45. The first-order chi connectivity index (χ1) is 10.2. The highest BCUT2D eigenvalue weighted by molar-refractivity contribution is 5.82. The van der Waals surface area contributed by atoms with E-state index in [1.54, 1.807) is 7.11 Å². The minimum absolute atomic E-state index is 0.717. The van der Waals surface area contributed by atoms with Crippen LogP contribution in [-0.4, -0.2) is 12.1 Å². The molecule has 0 N–H and O–H groups in total. The highest BCUT2D eigenvalue weighted by Crippen LogP contribution is 2.26. The minimum atomic E-state index is 0.717. The Bertz CT molecular complexity index is 778. The molecule has 0 saturated carbocycles. The molecule has 0 spiro atoms. The second kappa shape index (κ2) is 5.57. The van der Waals surface area contributed by atoms with Gasteiger partial charge < -0.3 is 4.74 Å². The molecule has 3 aromatic rings. The molecule has 0 fully saturated rings. The lowest BCUT2D eigenvalue weighted by molar-refractivity contribution is 0.395. The highest BCUT2D eigenvalue weighted by Gasteiger charge is 2.09. The zero-order valence-electron chi connectivity index (χ0n) is 12.7. The number of rotatable bonds is 3. The van der Waals surface area contributed by atoms with E-state index in [0.717, 1.165) is 23.4 Å². The van der Waals surface area contributed by atoms with E-state index in [1.807, 2.05) is 6.07 Å². The quantitative estimate of drug-likeness (QED) is 0.705. The number of benzene rings is 2. The Balaban J connectivity index is 2.10. The zero-order valence-corrected chi connectivity index (χ0v) is 12.7. The summed E-state index contributed by atoms with van der Waals surface area (Å²) in [5.74, 6) is 0.717. The van der Waals surface area contributed by atoms with Crippen LogP contribution in [0.15, 0.2) is 48.5 Å². The standard InChI is InChI=1S/C19H19NO/c1-13-9-16-12-17(11-15-7-5-4-6-8-15)19(21-3)20-18(16)10-14(13)2/h4-10,12H,11H2,1-3H3. The molecule has 2 nitrogen and oxygen atoms in total. The summed E-state index contributed by atoms with van der Waals surface area (Å²) in [6.45, 7) is 4.25. The number of pyridine rings is 1. The van der Waals surface area contributed by atoms with Crippen molar-refractivity contribution >= 4 is 10.9 Å². The van der Waals surface area contributed by atoms with Crippen molar-refractivity contribution in [2.45, 2.75) is 20.3 Å². The van der Waals surface area contributed by atoms with Crippen molar-refractivity contribution in [3.05, 3.63) is 70.8 Å². The molecule has 21 heavy (non-hydrogen) atoms. The van der Waals surface area contributed by atoms with Crippen molar-refractivity contribution < 1.29 is 4.74 Å².